The summed E-state index contributed by atoms with van der Waals surface area (Å²) in [5.41, 5.74) is 6.42. The highest BCUT2D eigenvalue weighted by Crippen LogP contribution is 2.10. The monoisotopic (exact) mass is 277 g/mol. The van der Waals surface area contributed by atoms with Crippen LogP contribution in [0, 0.1) is 0 Å². The van der Waals surface area contributed by atoms with Gasteiger partial charge in [0.15, 0.2) is 0 Å². The number of carbonyl (C=O) groups is 2. The third-order valence-electron chi connectivity index (χ3n) is 2.72. The quantitative estimate of drug-likeness (QED) is 0.639. The molecule has 0 heterocycles. The molecular formula is C16H23NO3. The van der Waals surface area contributed by atoms with Crippen molar-refractivity contribution in [1.29, 1.82) is 0 Å². The van der Waals surface area contributed by atoms with Crippen molar-refractivity contribution in [2.75, 3.05) is 0 Å². The Kier molecular flexibility index (Phi) is 5.89. The first kappa shape index (κ1) is 16.4. The highest BCUT2D eigenvalue weighted by molar-refractivity contribution is 6.33. The Morgan fingerprint density at radius 1 is 1.20 bits per heavy atom. The van der Waals surface area contributed by atoms with E-state index in [1.807, 2.05) is 30.3 Å². The van der Waals surface area contributed by atoms with E-state index >= 15 is 0 Å². The average molecular weight is 277 g/mol. The molecule has 0 amide bonds. The first-order valence-corrected chi connectivity index (χ1v) is 6.83. The number of esters is 1. The predicted octanol–water partition coefficient (Wildman–Crippen LogP) is 2.25. The van der Waals surface area contributed by atoms with E-state index in [1.54, 1.807) is 20.8 Å². The van der Waals surface area contributed by atoms with Crippen LogP contribution in [0.1, 0.15) is 39.2 Å². The van der Waals surface area contributed by atoms with E-state index < -0.39 is 17.4 Å². The van der Waals surface area contributed by atoms with Crippen LogP contribution in [0.25, 0.3) is 0 Å². The molecular weight excluding hydrogens is 254 g/mol. The van der Waals surface area contributed by atoms with Crippen LogP contribution in [0.2, 0.25) is 0 Å². The SMILES string of the molecule is CC(C)(C)OC(=O)C(=O)CC(N)CCc1ccccc1. The van der Waals surface area contributed by atoms with Crippen molar-refractivity contribution in [3.8, 4) is 0 Å². The van der Waals surface area contributed by atoms with E-state index in [1.165, 1.54) is 5.56 Å². The third kappa shape index (κ3) is 6.48. The summed E-state index contributed by atoms with van der Waals surface area (Å²) in [6, 6.07) is 9.59. The normalized spacial score (nSPS) is 12.8. The molecule has 0 bridgehead atoms. The Labute approximate surface area is 120 Å². The number of hydrogen-bond donors (Lipinski definition) is 1. The third-order valence-corrected chi connectivity index (χ3v) is 2.72. The molecule has 1 aromatic rings. The second-order valence-electron chi connectivity index (χ2n) is 5.91. The van der Waals surface area contributed by atoms with Gasteiger partial charge < -0.3 is 10.5 Å². The molecule has 0 radical (unpaired) electrons. The summed E-state index contributed by atoms with van der Waals surface area (Å²) in [5, 5.41) is 0. The number of ether oxygens (including phenoxy) is 1. The van der Waals surface area contributed by atoms with Gasteiger partial charge >= 0.3 is 5.97 Å². The van der Waals surface area contributed by atoms with Crippen LogP contribution in [-0.2, 0) is 20.7 Å². The largest absolute Gasteiger partial charge is 0.454 e. The van der Waals surface area contributed by atoms with Crippen molar-refractivity contribution >= 4 is 11.8 Å². The maximum Gasteiger partial charge on any atom is 0.375 e. The molecule has 110 valence electrons. The van der Waals surface area contributed by atoms with Crippen LogP contribution in [0.15, 0.2) is 30.3 Å². The van der Waals surface area contributed by atoms with Crippen molar-refractivity contribution in [2.45, 2.75) is 51.7 Å². The lowest BCUT2D eigenvalue weighted by molar-refractivity contribution is -0.162. The minimum atomic E-state index is -0.798. The van der Waals surface area contributed by atoms with E-state index in [4.69, 9.17) is 10.5 Å². The Balaban J connectivity index is 2.36. The Bertz CT molecular complexity index is 449. The molecule has 20 heavy (non-hydrogen) atoms. The summed E-state index contributed by atoms with van der Waals surface area (Å²) in [6.45, 7) is 5.19. The first-order valence-electron chi connectivity index (χ1n) is 6.83. The van der Waals surface area contributed by atoms with E-state index in [-0.39, 0.29) is 12.5 Å². The molecule has 2 N–H and O–H groups in total. The van der Waals surface area contributed by atoms with Crippen molar-refractivity contribution < 1.29 is 14.3 Å². The lowest BCUT2D eigenvalue weighted by atomic mass is 10.0. The number of rotatable bonds is 6. The second kappa shape index (κ2) is 7.20. The highest BCUT2D eigenvalue weighted by atomic mass is 16.6. The van der Waals surface area contributed by atoms with Gasteiger partial charge in [-0.25, -0.2) is 4.79 Å². The Morgan fingerprint density at radius 3 is 2.35 bits per heavy atom. The van der Waals surface area contributed by atoms with Crippen molar-refractivity contribution in [3.05, 3.63) is 35.9 Å². The van der Waals surface area contributed by atoms with Gasteiger partial charge in [0.1, 0.15) is 5.60 Å². The molecule has 0 spiro atoms. The van der Waals surface area contributed by atoms with Crippen LogP contribution < -0.4 is 5.73 Å². The lowest BCUT2D eigenvalue weighted by Gasteiger charge is -2.19. The summed E-state index contributed by atoms with van der Waals surface area (Å²) in [5.74, 6) is -1.35. The number of ketones is 1. The number of Topliss-reactive ketones (excluding diaryl/α,β-unsaturated/α-hetero) is 1. The fourth-order valence-electron chi connectivity index (χ4n) is 1.76. The molecule has 1 aromatic carbocycles. The van der Waals surface area contributed by atoms with Crippen LogP contribution in [0.5, 0.6) is 0 Å². The van der Waals surface area contributed by atoms with E-state index in [2.05, 4.69) is 0 Å². The molecule has 1 unspecified atom stereocenters. The van der Waals surface area contributed by atoms with Crippen LogP contribution in [0.3, 0.4) is 0 Å². The van der Waals surface area contributed by atoms with Gasteiger partial charge in [-0.2, -0.15) is 0 Å². The van der Waals surface area contributed by atoms with Gasteiger partial charge in [0.2, 0.25) is 5.78 Å². The molecule has 0 aliphatic rings. The number of nitrogens with two attached hydrogens (primary N) is 1. The number of hydrogen-bond acceptors (Lipinski definition) is 4. The smallest absolute Gasteiger partial charge is 0.375 e. The molecule has 0 saturated heterocycles. The summed E-state index contributed by atoms with van der Waals surface area (Å²) in [6.07, 6.45) is 1.49. The topological polar surface area (TPSA) is 69.4 Å². The zero-order valence-corrected chi connectivity index (χ0v) is 12.4. The lowest BCUT2D eigenvalue weighted by Crippen LogP contribution is -2.33. The molecule has 0 aliphatic heterocycles. The van der Waals surface area contributed by atoms with Crippen LogP contribution >= 0.6 is 0 Å². The molecule has 0 aliphatic carbocycles. The van der Waals surface area contributed by atoms with Gasteiger partial charge in [0.05, 0.1) is 0 Å². The summed E-state index contributed by atoms with van der Waals surface area (Å²) in [7, 11) is 0. The van der Waals surface area contributed by atoms with E-state index in [0.717, 1.165) is 6.42 Å². The number of benzene rings is 1. The van der Waals surface area contributed by atoms with E-state index in [0.29, 0.717) is 6.42 Å². The van der Waals surface area contributed by atoms with Gasteiger partial charge in [-0.15, -0.1) is 0 Å². The zero-order chi connectivity index (χ0) is 15.2. The van der Waals surface area contributed by atoms with Crippen molar-refractivity contribution in [3.63, 3.8) is 0 Å². The molecule has 4 nitrogen and oxygen atoms in total. The molecule has 1 rings (SSSR count). The minimum Gasteiger partial charge on any atom is -0.454 e. The maximum atomic E-state index is 11.7. The molecule has 4 heteroatoms. The van der Waals surface area contributed by atoms with Gasteiger partial charge in [0.25, 0.3) is 0 Å². The Morgan fingerprint density at radius 2 is 1.80 bits per heavy atom. The van der Waals surface area contributed by atoms with Gasteiger partial charge in [-0.1, -0.05) is 30.3 Å². The molecule has 0 saturated carbocycles. The average Bonchev–Trinajstić information content (AvgIpc) is 2.35. The molecule has 0 fully saturated rings. The van der Waals surface area contributed by atoms with Crippen molar-refractivity contribution in [1.82, 2.24) is 0 Å². The second-order valence-corrected chi connectivity index (χ2v) is 5.91. The Hall–Kier alpha value is -1.68. The summed E-state index contributed by atoms with van der Waals surface area (Å²) < 4.78 is 5.02. The standard InChI is InChI=1S/C16H23NO3/c1-16(2,3)20-15(19)14(18)11-13(17)10-9-12-7-5-4-6-8-12/h4-8,13H,9-11,17H2,1-3H3. The summed E-state index contributed by atoms with van der Waals surface area (Å²) >= 11 is 0. The van der Waals surface area contributed by atoms with Crippen LogP contribution in [0.4, 0.5) is 0 Å². The maximum absolute atomic E-state index is 11.7. The molecule has 0 aromatic heterocycles. The zero-order valence-electron chi connectivity index (χ0n) is 12.4. The molecule has 1 atom stereocenters. The highest BCUT2D eigenvalue weighted by Gasteiger charge is 2.24. The summed E-state index contributed by atoms with van der Waals surface area (Å²) in [4.78, 5) is 23.2. The fourth-order valence-corrected chi connectivity index (χ4v) is 1.76. The predicted molar refractivity (Wildman–Crippen MR) is 78.2 cm³/mol. The van der Waals surface area contributed by atoms with Gasteiger partial charge in [-0.3, -0.25) is 4.79 Å². The number of carbonyl (C=O) groups excluding carboxylic acids is 2. The number of aryl methyl sites for hydroxylation is 1. The minimum absolute atomic E-state index is 0.0295. The van der Waals surface area contributed by atoms with Crippen molar-refractivity contribution in [2.24, 2.45) is 5.73 Å². The first-order chi connectivity index (χ1) is 9.28. The van der Waals surface area contributed by atoms with Gasteiger partial charge in [0, 0.05) is 12.5 Å². The fraction of sp³-hybridized carbons (Fsp3) is 0.500. The van der Waals surface area contributed by atoms with Crippen LogP contribution in [-0.4, -0.2) is 23.4 Å². The van der Waals surface area contributed by atoms with E-state index in [9.17, 15) is 9.59 Å². The van der Waals surface area contributed by atoms with Gasteiger partial charge in [-0.05, 0) is 39.2 Å².